The summed E-state index contributed by atoms with van der Waals surface area (Å²) in [4.78, 5) is 6.62. The highest BCUT2D eigenvalue weighted by molar-refractivity contribution is 9.10. The molecule has 1 aliphatic heterocycles. The van der Waals surface area contributed by atoms with Crippen molar-refractivity contribution < 1.29 is 0 Å². The van der Waals surface area contributed by atoms with Crippen molar-refractivity contribution >= 4 is 21.6 Å². The molecule has 1 N–H and O–H groups in total. The van der Waals surface area contributed by atoms with Crippen molar-refractivity contribution in [2.24, 2.45) is 13.0 Å². The number of hydrogen-bond acceptors (Lipinski definition) is 3. The molecule has 0 saturated carbocycles. The second-order valence-electron chi connectivity index (χ2n) is 5.71. The van der Waals surface area contributed by atoms with Gasteiger partial charge in [-0.1, -0.05) is 22.0 Å². The van der Waals surface area contributed by atoms with Crippen molar-refractivity contribution in [2.75, 3.05) is 24.5 Å². The van der Waals surface area contributed by atoms with Gasteiger partial charge in [0.2, 0.25) is 0 Å². The summed E-state index contributed by atoms with van der Waals surface area (Å²) in [5.74, 6) is 0.720. The van der Waals surface area contributed by atoms with Crippen LogP contribution >= 0.6 is 15.9 Å². The Kier molecular flexibility index (Phi) is 4.60. The van der Waals surface area contributed by atoms with Gasteiger partial charge in [0.05, 0.1) is 12.0 Å². The number of rotatable bonds is 5. The van der Waals surface area contributed by atoms with Crippen LogP contribution in [0.1, 0.15) is 12.1 Å². The quantitative estimate of drug-likeness (QED) is 0.901. The van der Waals surface area contributed by atoms with E-state index in [0.717, 1.165) is 36.6 Å². The number of aryl methyl sites for hydroxylation is 1. The normalized spacial score (nSPS) is 18.4. The minimum Gasteiger partial charge on any atom is -0.371 e. The third-order valence-corrected chi connectivity index (χ3v) is 4.61. The molecule has 0 spiro atoms. The third kappa shape index (κ3) is 3.66. The maximum Gasteiger partial charge on any atom is 0.0945 e. The summed E-state index contributed by atoms with van der Waals surface area (Å²) in [5.41, 5.74) is 2.55. The lowest BCUT2D eigenvalue weighted by molar-refractivity contribution is 0.510. The SMILES string of the molecule is Cn1cncc1CNC[C@@H]1CCN(c2cccc(Br)c2)C1. The monoisotopic (exact) mass is 348 g/mol. The highest BCUT2D eigenvalue weighted by Gasteiger charge is 2.22. The van der Waals surface area contributed by atoms with Crippen LogP contribution in [-0.4, -0.2) is 29.2 Å². The van der Waals surface area contributed by atoms with Gasteiger partial charge in [0.25, 0.3) is 0 Å². The first-order chi connectivity index (χ1) is 10.2. The van der Waals surface area contributed by atoms with Crippen molar-refractivity contribution in [1.29, 1.82) is 0 Å². The molecule has 0 aliphatic carbocycles. The zero-order valence-electron chi connectivity index (χ0n) is 12.3. The van der Waals surface area contributed by atoms with E-state index in [1.54, 1.807) is 0 Å². The van der Waals surface area contributed by atoms with Crippen molar-refractivity contribution in [3.8, 4) is 0 Å². The first kappa shape index (κ1) is 14.6. The minimum absolute atomic E-state index is 0.720. The Bertz CT molecular complexity index is 595. The second kappa shape index (κ2) is 6.62. The maximum absolute atomic E-state index is 4.14. The lowest BCUT2D eigenvalue weighted by atomic mass is 10.1. The zero-order valence-corrected chi connectivity index (χ0v) is 13.9. The third-order valence-electron chi connectivity index (χ3n) is 4.11. The molecule has 1 fully saturated rings. The van der Waals surface area contributed by atoms with Crippen LogP contribution in [0.15, 0.2) is 41.3 Å². The maximum atomic E-state index is 4.14. The molecule has 21 heavy (non-hydrogen) atoms. The van der Waals surface area contributed by atoms with Gasteiger partial charge in [-0.15, -0.1) is 0 Å². The molecule has 0 radical (unpaired) electrons. The first-order valence-electron chi connectivity index (χ1n) is 7.39. The molecule has 1 atom stereocenters. The molecule has 2 heterocycles. The standard InChI is InChI=1S/C16H21BrN4/c1-20-12-19-10-16(20)9-18-8-13-5-6-21(11-13)15-4-2-3-14(17)7-15/h2-4,7,10,12-13,18H,5-6,8-9,11H2,1H3/t13-/m0/s1. The van der Waals surface area contributed by atoms with Crippen LogP contribution in [0.25, 0.3) is 0 Å². The minimum atomic E-state index is 0.720. The zero-order chi connectivity index (χ0) is 14.7. The van der Waals surface area contributed by atoms with Crippen LogP contribution in [-0.2, 0) is 13.6 Å². The van der Waals surface area contributed by atoms with Crippen molar-refractivity contribution in [3.05, 3.63) is 47.0 Å². The van der Waals surface area contributed by atoms with E-state index in [1.165, 1.54) is 17.8 Å². The fourth-order valence-corrected chi connectivity index (χ4v) is 3.25. The van der Waals surface area contributed by atoms with E-state index in [0.29, 0.717) is 0 Å². The highest BCUT2D eigenvalue weighted by atomic mass is 79.9. The van der Waals surface area contributed by atoms with Crippen LogP contribution < -0.4 is 10.2 Å². The topological polar surface area (TPSA) is 33.1 Å². The number of nitrogens with zero attached hydrogens (tertiary/aromatic N) is 3. The average Bonchev–Trinajstić information content (AvgIpc) is 3.09. The van der Waals surface area contributed by atoms with Crippen LogP contribution in [0.2, 0.25) is 0 Å². The van der Waals surface area contributed by atoms with E-state index in [9.17, 15) is 0 Å². The van der Waals surface area contributed by atoms with E-state index in [1.807, 2.05) is 19.6 Å². The number of hydrogen-bond donors (Lipinski definition) is 1. The summed E-state index contributed by atoms with van der Waals surface area (Å²) in [6.45, 7) is 4.24. The van der Waals surface area contributed by atoms with Gasteiger partial charge in [0, 0.05) is 49.6 Å². The summed E-state index contributed by atoms with van der Waals surface area (Å²) in [7, 11) is 2.04. The summed E-state index contributed by atoms with van der Waals surface area (Å²) >= 11 is 3.55. The van der Waals surface area contributed by atoms with Gasteiger partial charge in [0.15, 0.2) is 0 Å². The molecule has 1 aromatic heterocycles. The van der Waals surface area contributed by atoms with E-state index in [-0.39, 0.29) is 0 Å². The lowest BCUT2D eigenvalue weighted by Crippen LogP contribution is -2.26. The van der Waals surface area contributed by atoms with Crippen molar-refractivity contribution in [2.45, 2.75) is 13.0 Å². The van der Waals surface area contributed by atoms with E-state index in [4.69, 9.17) is 0 Å². The largest absolute Gasteiger partial charge is 0.371 e. The Labute approximate surface area is 134 Å². The van der Waals surface area contributed by atoms with Crippen LogP contribution in [0, 0.1) is 5.92 Å². The summed E-state index contributed by atoms with van der Waals surface area (Å²) < 4.78 is 3.22. The van der Waals surface area contributed by atoms with E-state index in [2.05, 4.69) is 60.0 Å². The predicted octanol–water partition coefficient (Wildman–Crippen LogP) is 2.80. The molecule has 5 heteroatoms. The molecule has 0 unspecified atom stereocenters. The first-order valence-corrected chi connectivity index (χ1v) is 8.18. The van der Waals surface area contributed by atoms with Crippen LogP contribution in [0.5, 0.6) is 0 Å². The molecule has 1 aliphatic rings. The van der Waals surface area contributed by atoms with Gasteiger partial charge in [-0.05, 0) is 30.5 Å². The number of benzene rings is 1. The Balaban J connectivity index is 1.48. The van der Waals surface area contributed by atoms with Crippen molar-refractivity contribution in [1.82, 2.24) is 14.9 Å². The summed E-state index contributed by atoms with van der Waals surface area (Å²) in [5, 5.41) is 3.56. The van der Waals surface area contributed by atoms with Crippen LogP contribution in [0.3, 0.4) is 0 Å². The fourth-order valence-electron chi connectivity index (χ4n) is 2.87. The van der Waals surface area contributed by atoms with Gasteiger partial charge in [-0.25, -0.2) is 4.98 Å². The Morgan fingerprint density at radius 2 is 2.33 bits per heavy atom. The number of anilines is 1. The van der Waals surface area contributed by atoms with Gasteiger partial charge in [0.1, 0.15) is 0 Å². The molecule has 112 valence electrons. The number of halogens is 1. The van der Waals surface area contributed by atoms with Gasteiger partial charge in [-0.3, -0.25) is 0 Å². The van der Waals surface area contributed by atoms with E-state index < -0.39 is 0 Å². The molecule has 1 saturated heterocycles. The Morgan fingerprint density at radius 3 is 3.10 bits per heavy atom. The highest BCUT2D eigenvalue weighted by Crippen LogP contribution is 2.25. The number of aromatic nitrogens is 2. The molecule has 4 nitrogen and oxygen atoms in total. The molecular formula is C16H21BrN4. The van der Waals surface area contributed by atoms with E-state index >= 15 is 0 Å². The smallest absolute Gasteiger partial charge is 0.0945 e. The average molecular weight is 349 g/mol. The van der Waals surface area contributed by atoms with Gasteiger partial charge < -0.3 is 14.8 Å². The predicted molar refractivity (Wildman–Crippen MR) is 89.4 cm³/mol. The van der Waals surface area contributed by atoms with Gasteiger partial charge >= 0.3 is 0 Å². The Hall–Kier alpha value is -1.33. The lowest BCUT2D eigenvalue weighted by Gasteiger charge is -2.19. The number of nitrogens with one attached hydrogen (secondary N) is 1. The van der Waals surface area contributed by atoms with Gasteiger partial charge in [-0.2, -0.15) is 0 Å². The molecule has 1 aromatic carbocycles. The molecule has 2 aromatic rings. The Morgan fingerprint density at radius 1 is 1.43 bits per heavy atom. The fraction of sp³-hybridized carbons (Fsp3) is 0.438. The second-order valence-corrected chi connectivity index (χ2v) is 6.62. The van der Waals surface area contributed by atoms with Crippen molar-refractivity contribution in [3.63, 3.8) is 0 Å². The summed E-state index contributed by atoms with van der Waals surface area (Å²) in [6, 6.07) is 8.57. The van der Waals surface area contributed by atoms with Crippen LogP contribution in [0.4, 0.5) is 5.69 Å². The molecular weight excluding hydrogens is 328 g/mol. The number of imidazole rings is 1. The summed E-state index contributed by atoms with van der Waals surface area (Å²) in [6.07, 6.45) is 5.03. The molecule has 0 amide bonds. The molecule has 0 bridgehead atoms. The molecule has 3 rings (SSSR count).